The van der Waals surface area contributed by atoms with E-state index in [-0.39, 0.29) is 11.8 Å². The molecule has 1 N–H and O–H groups in total. The molecule has 4 aliphatic carbocycles. The average molecular weight is 347 g/mol. The maximum atomic E-state index is 11.8. The van der Waals surface area contributed by atoms with Crippen LogP contribution in [0.3, 0.4) is 0 Å². The molecule has 1 unspecified atom stereocenters. The summed E-state index contributed by atoms with van der Waals surface area (Å²) in [7, 11) is 0. The second kappa shape index (κ2) is 6.09. The number of fused-ring (bicyclic) bond motifs is 5. The van der Waals surface area contributed by atoms with Gasteiger partial charge in [-0.2, -0.15) is 0 Å². The van der Waals surface area contributed by atoms with Crippen molar-refractivity contribution in [2.45, 2.75) is 84.5 Å². The Balaban J connectivity index is 1.55. The van der Waals surface area contributed by atoms with E-state index in [1.807, 2.05) is 0 Å². The fraction of sp³-hybridized carbons (Fsp3) is 0.909. The summed E-state index contributed by atoms with van der Waals surface area (Å²) in [6, 6.07) is 0. The number of hydrogen-bond donors (Lipinski definition) is 1. The van der Waals surface area contributed by atoms with Crippen LogP contribution < -0.4 is 0 Å². The molecule has 4 aliphatic rings. The maximum Gasteiger partial charge on any atom is 0.372 e. The van der Waals surface area contributed by atoms with E-state index in [2.05, 4.69) is 13.8 Å². The van der Waals surface area contributed by atoms with Crippen LogP contribution in [0.4, 0.5) is 0 Å². The van der Waals surface area contributed by atoms with Crippen LogP contribution in [0.15, 0.2) is 0 Å². The summed E-state index contributed by atoms with van der Waals surface area (Å²) in [6.07, 6.45) is 13.5. The number of carboxylic acid groups (broad SMARTS) is 1. The molecular formula is C22H34O3. The van der Waals surface area contributed by atoms with E-state index in [1.165, 1.54) is 57.8 Å². The molecule has 140 valence electrons. The van der Waals surface area contributed by atoms with Crippen molar-refractivity contribution >= 4 is 11.8 Å². The zero-order valence-corrected chi connectivity index (χ0v) is 15.9. The third kappa shape index (κ3) is 2.59. The van der Waals surface area contributed by atoms with E-state index < -0.39 is 11.8 Å². The van der Waals surface area contributed by atoms with Gasteiger partial charge in [0.2, 0.25) is 5.78 Å². The fourth-order valence-corrected chi connectivity index (χ4v) is 8.05. The second-order valence-electron chi connectivity index (χ2n) is 10.2. The van der Waals surface area contributed by atoms with Crippen LogP contribution in [-0.2, 0) is 9.59 Å². The van der Waals surface area contributed by atoms with Gasteiger partial charge < -0.3 is 5.11 Å². The lowest BCUT2D eigenvalue weighted by atomic mass is 9.45. The van der Waals surface area contributed by atoms with Gasteiger partial charge in [0.05, 0.1) is 0 Å². The van der Waals surface area contributed by atoms with Crippen molar-refractivity contribution in [3.8, 4) is 0 Å². The number of hydrogen-bond acceptors (Lipinski definition) is 2. The van der Waals surface area contributed by atoms with Crippen LogP contribution >= 0.6 is 0 Å². The molecule has 0 saturated heterocycles. The van der Waals surface area contributed by atoms with Gasteiger partial charge in [0, 0.05) is 6.42 Å². The lowest BCUT2D eigenvalue weighted by Gasteiger charge is -2.60. The summed E-state index contributed by atoms with van der Waals surface area (Å²) in [4.78, 5) is 22.9. The van der Waals surface area contributed by atoms with Gasteiger partial charge in [0.25, 0.3) is 0 Å². The van der Waals surface area contributed by atoms with Crippen molar-refractivity contribution in [1.29, 1.82) is 0 Å². The highest BCUT2D eigenvalue weighted by molar-refractivity contribution is 6.32. The molecule has 4 saturated carbocycles. The highest BCUT2D eigenvalue weighted by Crippen LogP contribution is 2.67. The standard InChI is InChI=1S/C22H34O3/c1-21-11-4-3-5-14(21)6-8-16-17-9-7-15(13-19(23)20(24)25)22(17,2)12-10-18(16)21/h14-18H,3-13H2,1-2H3,(H,24,25)/t14?,15-,16-,17-,18-,21-,22+/m0/s1. The summed E-state index contributed by atoms with van der Waals surface area (Å²) >= 11 is 0. The Hall–Kier alpha value is -0.860. The number of rotatable bonds is 3. The van der Waals surface area contributed by atoms with Crippen molar-refractivity contribution in [1.82, 2.24) is 0 Å². The van der Waals surface area contributed by atoms with Crippen molar-refractivity contribution in [3.63, 3.8) is 0 Å². The van der Waals surface area contributed by atoms with Crippen LogP contribution in [0.1, 0.15) is 84.5 Å². The summed E-state index contributed by atoms with van der Waals surface area (Å²) in [5.74, 6) is 1.84. The predicted octanol–water partition coefficient (Wildman–Crippen LogP) is 5.08. The van der Waals surface area contributed by atoms with Crippen LogP contribution in [0.5, 0.6) is 0 Å². The number of Topliss-reactive ketones (excluding diaryl/α,β-unsaturated/α-hetero) is 1. The third-order valence-electron chi connectivity index (χ3n) is 9.45. The van der Waals surface area contributed by atoms with Crippen LogP contribution in [0.25, 0.3) is 0 Å². The van der Waals surface area contributed by atoms with E-state index in [9.17, 15) is 9.59 Å². The Morgan fingerprint density at radius 2 is 1.64 bits per heavy atom. The first kappa shape index (κ1) is 17.5. The zero-order valence-electron chi connectivity index (χ0n) is 15.9. The first-order chi connectivity index (χ1) is 11.9. The summed E-state index contributed by atoms with van der Waals surface area (Å²) < 4.78 is 0. The fourth-order valence-electron chi connectivity index (χ4n) is 8.05. The molecule has 3 heteroatoms. The van der Waals surface area contributed by atoms with Crippen molar-refractivity contribution in [2.24, 2.45) is 40.4 Å². The van der Waals surface area contributed by atoms with Crippen LogP contribution in [0, 0.1) is 40.4 Å². The lowest BCUT2D eigenvalue weighted by Crippen LogP contribution is -2.52. The van der Waals surface area contributed by atoms with Gasteiger partial charge in [-0.25, -0.2) is 4.79 Å². The molecule has 0 aromatic heterocycles. The van der Waals surface area contributed by atoms with Crippen LogP contribution in [0.2, 0.25) is 0 Å². The molecule has 0 amide bonds. The molecule has 0 aliphatic heterocycles. The predicted molar refractivity (Wildman–Crippen MR) is 97.1 cm³/mol. The molecule has 4 fully saturated rings. The van der Waals surface area contributed by atoms with Crippen LogP contribution in [-0.4, -0.2) is 16.9 Å². The molecular weight excluding hydrogens is 312 g/mol. The molecule has 0 spiro atoms. The van der Waals surface area contributed by atoms with E-state index in [0.29, 0.717) is 11.3 Å². The van der Waals surface area contributed by atoms with Crippen molar-refractivity contribution < 1.29 is 14.7 Å². The van der Waals surface area contributed by atoms with E-state index in [1.54, 1.807) is 0 Å². The number of carboxylic acids is 1. The molecule has 0 aromatic carbocycles. The van der Waals surface area contributed by atoms with Gasteiger partial charge in [-0.15, -0.1) is 0 Å². The lowest BCUT2D eigenvalue weighted by molar-refractivity contribution is -0.150. The molecule has 0 bridgehead atoms. The largest absolute Gasteiger partial charge is 0.476 e. The molecule has 4 rings (SSSR count). The zero-order chi connectivity index (χ0) is 17.8. The molecule has 0 radical (unpaired) electrons. The average Bonchev–Trinajstić information content (AvgIpc) is 2.91. The van der Waals surface area contributed by atoms with Gasteiger partial charge in [0.15, 0.2) is 0 Å². The molecule has 0 heterocycles. The molecule has 25 heavy (non-hydrogen) atoms. The van der Waals surface area contributed by atoms with Gasteiger partial charge in [0.1, 0.15) is 0 Å². The smallest absolute Gasteiger partial charge is 0.372 e. The van der Waals surface area contributed by atoms with E-state index >= 15 is 0 Å². The Kier molecular flexibility index (Phi) is 4.28. The van der Waals surface area contributed by atoms with Crippen molar-refractivity contribution in [3.05, 3.63) is 0 Å². The molecule has 7 atom stereocenters. The normalized spacial score (nSPS) is 49.0. The Bertz CT molecular complexity index is 570. The molecule has 0 aromatic rings. The second-order valence-corrected chi connectivity index (χ2v) is 10.2. The number of carbonyl (C=O) groups is 2. The quantitative estimate of drug-likeness (QED) is 0.725. The minimum atomic E-state index is -1.24. The summed E-state index contributed by atoms with van der Waals surface area (Å²) in [5.41, 5.74) is 0.752. The van der Waals surface area contributed by atoms with Gasteiger partial charge in [-0.3, -0.25) is 4.79 Å². The SMILES string of the molecule is C[C@]12CC[C@H]3[C@@H](CCC4CCCC[C@@]43C)[C@@H]1CC[C@H]2CC(=O)C(=O)O. The highest BCUT2D eigenvalue weighted by atomic mass is 16.4. The Morgan fingerprint density at radius 3 is 2.40 bits per heavy atom. The highest BCUT2D eigenvalue weighted by Gasteiger charge is 2.59. The number of aliphatic carboxylic acids is 1. The monoisotopic (exact) mass is 346 g/mol. The topological polar surface area (TPSA) is 54.4 Å². The summed E-state index contributed by atoms with van der Waals surface area (Å²) in [5, 5.41) is 9.02. The first-order valence-electron chi connectivity index (χ1n) is 10.6. The van der Waals surface area contributed by atoms with Gasteiger partial charge in [-0.1, -0.05) is 26.7 Å². The van der Waals surface area contributed by atoms with Gasteiger partial charge >= 0.3 is 5.97 Å². The van der Waals surface area contributed by atoms with Gasteiger partial charge in [-0.05, 0) is 91.8 Å². The first-order valence-corrected chi connectivity index (χ1v) is 10.6. The third-order valence-corrected chi connectivity index (χ3v) is 9.45. The Labute approximate surface area is 151 Å². The number of ketones is 1. The summed E-state index contributed by atoms with van der Waals surface area (Å²) in [6.45, 7) is 4.98. The number of carbonyl (C=O) groups excluding carboxylic acids is 1. The van der Waals surface area contributed by atoms with E-state index in [0.717, 1.165) is 30.1 Å². The minimum Gasteiger partial charge on any atom is -0.476 e. The van der Waals surface area contributed by atoms with Crippen molar-refractivity contribution in [2.75, 3.05) is 0 Å². The minimum absolute atomic E-state index is 0.199. The van der Waals surface area contributed by atoms with E-state index in [4.69, 9.17) is 5.11 Å². The molecule has 3 nitrogen and oxygen atoms in total. The maximum absolute atomic E-state index is 11.8. The Morgan fingerprint density at radius 1 is 0.880 bits per heavy atom.